The predicted molar refractivity (Wildman–Crippen MR) is 166 cm³/mol. The van der Waals surface area contributed by atoms with Crippen molar-refractivity contribution < 1.29 is 9.59 Å². The van der Waals surface area contributed by atoms with Gasteiger partial charge in [-0.1, -0.05) is 56.2 Å². The molecule has 2 N–H and O–H groups in total. The van der Waals surface area contributed by atoms with Gasteiger partial charge in [-0.15, -0.1) is 23.1 Å². The number of carbonyl (C=O) groups is 2. The highest BCUT2D eigenvalue weighted by molar-refractivity contribution is 8.00. The zero-order chi connectivity index (χ0) is 28.4. The summed E-state index contributed by atoms with van der Waals surface area (Å²) in [5.74, 6) is -0.355. The number of carbonyl (C=O) groups excluding carboxylic acids is 2. The van der Waals surface area contributed by atoms with Crippen molar-refractivity contribution in [2.45, 2.75) is 88.4 Å². The van der Waals surface area contributed by atoms with Crippen molar-refractivity contribution in [3.8, 4) is 0 Å². The molecule has 1 aliphatic carbocycles. The number of rotatable bonds is 7. The van der Waals surface area contributed by atoms with Crippen molar-refractivity contribution in [1.82, 2.24) is 15.2 Å². The maximum Gasteiger partial charge on any atom is 0.257 e. The van der Waals surface area contributed by atoms with Crippen molar-refractivity contribution in [1.29, 1.82) is 0 Å². The van der Waals surface area contributed by atoms with Crippen molar-refractivity contribution in [2.24, 2.45) is 0 Å². The van der Waals surface area contributed by atoms with Gasteiger partial charge in [0, 0.05) is 45.8 Å². The van der Waals surface area contributed by atoms with Crippen LogP contribution in [0.25, 0.3) is 0 Å². The largest absolute Gasteiger partial charge is 0.351 e. The first-order valence-corrected chi connectivity index (χ1v) is 15.9. The van der Waals surface area contributed by atoms with Crippen molar-refractivity contribution in [3.63, 3.8) is 0 Å². The van der Waals surface area contributed by atoms with E-state index in [-0.39, 0.29) is 28.5 Å². The van der Waals surface area contributed by atoms with E-state index in [1.807, 2.05) is 37.7 Å². The average molecular weight is 577 g/mol. The molecule has 2 amide bonds. The molecule has 3 aromatic rings. The highest BCUT2D eigenvalue weighted by Crippen LogP contribution is 2.38. The molecule has 6 nitrogen and oxygen atoms in total. The van der Waals surface area contributed by atoms with Gasteiger partial charge < -0.3 is 5.32 Å². The van der Waals surface area contributed by atoms with Gasteiger partial charge in [0.2, 0.25) is 5.91 Å². The maximum absolute atomic E-state index is 13.5. The topological polar surface area (TPSA) is 74.3 Å². The van der Waals surface area contributed by atoms with Crippen LogP contribution in [0.5, 0.6) is 0 Å². The highest BCUT2D eigenvalue weighted by Gasteiger charge is 2.33. The minimum atomic E-state index is -0.259. The minimum absolute atomic E-state index is 0.0639. The van der Waals surface area contributed by atoms with Gasteiger partial charge in [0.25, 0.3) is 5.91 Å². The lowest BCUT2D eigenvalue weighted by Gasteiger charge is -2.24. The fraction of sp³-hybridized carbons (Fsp3) is 0.469. The Bertz CT molecular complexity index is 1370. The van der Waals surface area contributed by atoms with Crippen LogP contribution in [0.15, 0.2) is 47.4 Å². The van der Waals surface area contributed by atoms with E-state index in [4.69, 9.17) is 4.98 Å². The van der Waals surface area contributed by atoms with Gasteiger partial charge in [-0.2, -0.15) is 0 Å². The fourth-order valence-corrected chi connectivity index (χ4v) is 7.83. The number of amides is 2. The lowest BCUT2D eigenvalue weighted by atomic mass is 9.90. The zero-order valence-electron chi connectivity index (χ0n) is 24.2. The van der Waals surface area contributed by atoms with Crippen LogP contribution < -0.4 is 10.6 Å². The Hall–Kier alpha value is -2.68. The third-order valence-corrected chi connectivity index (χ3v) is 9.65. The quantitative estimate of drug-likeness (QED) is 0.306. The first-order chi connectivity index (χ1) is 19.0. The fourth-order valence-electron chi connectivity index (χ4n) is 5.70. The summed E-state index contributed by atoms with van der Waals surface area (Å²) in [6.45, 7) is 13.4. The molecule has 0 bridgehead atoms. The van der Waals surface area contributed by atoms with Gasteiger partial charge in [-0.05, 0) is 63.3 Å². The summed E-state index contributed by atoms with van der Waals surface area (Å²) in [5.41, 5.74) is 4.93. The van der Waals surface area contributed by atoms with Crippen molar-refractivity contribution in [2.75, 3.05) is 18.4 Å². The molecule has 1 aliphatic heterocycles. The third kappa shape index (κ3) is 7.14. The van der Waals surface area contributed by atoms with Crippen LogP contribution in [0.3, 0.4) is 0 Å². The number of nitrogens with zero attached hydrogens (tertiary/aromatic N) is 2. The second kappa shape index (κ2) is 12.0. The zero-order valence-corrected chi connectivity index (χ0v) is 25.8. The van der Waals surface area contributed by atoms with Crippen LogP contribution in [0.4, 0.5) is 5.13 Å². The lowest BCUT2D eigenvalue weighted by Crippen LogP contribution is -2.40. The van der Waals surface area contributed by atoms with E-state index < -0.39 is 0 Å². The summed E-state index contributed by atoms with van der Waals surface area (Å²) < 4.78 is 0.161. The summed E-state index contributed by atoms with van der Waals surface area (Å²) in [4.78, 5) is 36.0. The van der Waals surface area contributed by atoms with Crippen LogP contribution in [0, 0.1) is 13.8 Å². The van der Waals surface area contributed by atoms with Crippen LogP contribution in [0.2, 0.25) is 0 Å². The lowest BCUT2D eigenvalue weighted by molar-refractivity contribution is -0.123. The number of thiazole rings is 1. The molecule has 2 atom stereocenters. The standard InChI is InChI=1S/C32H40N4O2S2/c1-20-15-21(2)17-23(16-20)29(37)35-31-34-28-25(10-8-12-27(28)39-31)30(38)33-24-13-14-36(19-24)18-22-9-6-7-11-26(22)40-32(3,4)5/h6-7,9,11,15-17,24-25H,8,10,12-14,18-19H2,1-5H3,(H,33,38)(H,34,35,37). The number of likely N-dealkylation sites (tertiary alicyclic amines) is 1. The molecule has 5 rings (SSSR count). The Kier molecular flexibility index (Phi) is 8.69. The van der Waals surface area contributed by atoms with E-state index in [9.17, 15) is 9.59 Å². The summed E-state index contributed by atoms with van der Waals surface area (Å²) in [5, 5.41) is 6.89. The molecule has 0 saturated carbocycles. The molecule has 0 radical (unpaired) electrons. The predicted octanol–water partition coefficient (Wildman–Crippen LogP) is 6.71. The van der Waals surface area contributed by atoms with Gasteiger partial charge in [0.1, 0.15) is 0 Å². The van der Waals surface area contributed by atoms with Gasteiger partial charge in [-0.25, -0.2) is 4.98 Å². The van der Waals surface area contributed by atoms with Crippen LogP contribution >= 0.6 is 23.1 Å². The normalized spacial score (nSPS) is 19.3. The number of hydrogen-bond donors (Lipinski definition) is 2. The summed E-state index contributed by atoms with van der Waals surface area (Å²) in [6, 6.07) is 14.6. The van der Waals surface area contributed by atoms with E-state index in [1.54, 1.807) is 0 Å². The van der Waals surface area contributed by atoms with Gasteiger partial charge in [-0.3, -0.25) is 19.8 Å². The first kappa shape index (κ1) is 28.8. The molecule has 0 spiro atoms. The van der Waals surface area contributed by atoms with E-state index in [2.05, 4.69) is 66.6 Å². The Morgan fingerprint density at radius 2 is 1.85 bits per heavy atom. The Morgan fingerprint density at radius 3 is 2.60 bits per heavy atom. The summed E-state index contributed by atoms with van der Waals surface area (Å²) in [7, 11) is 0. The molecule has 2 aliphatic rings. The second-order valence-corrected chi connectivity index (χ2v) is 15.1. The molecular weight excluding hydrogens is 537 g/mol. The van der Waals surface area contributed by atoms with Gasteiger partial charge in [0.15, 0.2) is 5.13 Å². The number of anilines is 1. The van der Waals surface area contributed by atoms with Crippen molar-refractivity contribution in [3.05, 3.63) is 75.3 Å². The monoisotopic (exact) mass is 576 g/mol. The molecule has 1 aromatic heterocycles. The molecule has 2 heterocycles. The van der Waals surface area contributed by atoms with E-state index >= 15 is 0 Å². The number of benzene rings is 2. The average Bonchev–Trinajstić information content (AvgIpc) is 3.49. The van der Waals surface area contributed by atoms with E-state index in [0.717, 1.165) is 67.0 Å². The van der Waals surface area contributed by atoms with E-state index in [1.165, 1.54) is 21.8 Å². The number of hydrogen-bond acceptors (Lipinski definition) is 6. The number of thioether (sulfide) groups is 1. The summed E-state index contributed by atoms with van der Waals surface area (Å²) >= 11 is 3.42. The molecule has 1 saturated heterocycles. The maximum atomic E-state index is 13.5. The van der Waals surface area contributed by atoms with Gasteiger partial charge >= 0.3 is 0 Å². The Morgan fingerprint density at radius 1 is 1.10 bits per heavy atom. The molecule has 2 unspecified atom stereocenters. The van der Waals surface area contributed by atoms with Crippen LogP contribution in [0.1, 0.15) is 83.6 Å². The minimum Gasteiger partial charge on any atom is -0.351 e. The first-order valence-electron chi connectivity index (χ1n) is 14.2. The Balaban J connectivity index is 1.20. The van der Waals surface area contributed by atoms with Crippen molar-refractivity contribution >= 4 is 40.0 Å². The number of fused-ring (bicyclic) bond motifs is 1. The highest BCUT2D eigenvalue weighted by atomic mass is 32.2. The van der Waals surface area contributed by atoms with Crippen LogP contribution in [-0.2, 0) is 17.8 Å². The van der Waals surface area contributed by atoms with Crippen LogP contribution in [-0.4, -0.2) is 45.6 Å². The second-order valence-electron chi connectivity index (χ2n) is 12.2. The smallest absolute Gasteiger partial charge is 0.257 e. The van der Waals surface area contributed by atoms with Gasteiger partial charge in [0.05, 0.1) is 11.6 Å². The third-order valence-electron chi connectivity index (χ3n) is 7.38. The van der Waals surface area contributed by atoms with E-state index in [0.29, 0.717) is 10.7 Å². The molecule has 212 valence electrons. The number of aryl methyl sites for hydroxylation is 3. The molecular formula is C32H40N4O2S2. The SMILES string of the molecule is Cc1cc(C)cc(C(=O)Nc2nc3c(s2)CCCC3C(=O)NC2CCN(Cc3ccccc3SC(C)(C)C)C2)c1. The molecule has 8 heteroatoms. The molecule has 2 aromatic carbocycles. The molecule has 1 fully saturated rings. The molecule has 40 heavy (non-hydrogen) atoms. The number of aromatic nitrogens is 1. The Labute approximate surface area is 246 Å². The number of nitrogens with one attached hydrogen (secondary N) is 2. The summed E-state index contributed by atoms with van der Waals surface area (Å²) in [6.07, 6.45) is 3.60.